The Morgan fingerprint density at radius 3 is 2.48 bits per heavy atom. The van der Waals surface area contributed by atoms with Crippen LogP contribution in [-0.2, 0) is 0 Å². The molecule has 4 heteroatoms. The fraction of sp³-hybridized carbons (Fsp3) is 0.294. The minimum Gasteiger partial charge on any atom is -0.497 e. The highest BCUT2D eigenvalue weighted by molar-refractivity contribution is 14.1. The minimum atomic E-state index is -0.197. The molecule has 1 unspecified atom stereocenters. The first-order chi connectivity index (χ1) is 10.2. The summed E-state index contributed by atoms with van der Waals surface area (Å²) in [6.45, 7) is 0. The fourth-order valence-electron chi connectivity index (χ4n) is 2.49. The van der Waals surface area contributed by atoms with Crippen LogP contribution >= 0.6 is 22.6 Å². The zero-order valence-corrected chi connectivity index (χ0v) is 13.9. The normalized spacial score (nSPS) is 15.6. The Hall–Kier alpha value is -1.30. The van der Waals surface area contributed by atoms with Crippen LogP contribution in [0.2, 0.25) is 0 Å². The quantitative estimate of drug-likeness (QED) is 0.717. The molecule has 110 valence electrons. The molecule has 21 heavy (non-hydrogen) atoms. The van der Waals surface area contributed by atoms with E-state index in [1.54, 1.807) is 13.2 Å². The Bertz CT molecular complexity index is 625. The largest absolute Gasteiger partial charge is 0.497 e. The zero-order valence-electron chi connectivity index (χ0n) is 11.8. The van der Waals surface area contributed by atoms with Crippen LogP contribution < -0.4 is 10.1 Å². The summed E-state index contributed by atoms with van der Waals surface area (Å²) in [5, 5.41) is 3.58. The summed E-state index contributed by atoms with van der Waals surface area (Å²) in [6.07, 6.45) is 2.48. The molecule has 0 radical (unpaired) electrons. The van der Waals surface area contributed by atoms with Crippen molar-refractivity contribution in [2.75, 3.05) is 12.4 Å². The second-order valence-corrected chi connectivity index (χ2v) is 6.52. The van der Waals surface area contributed by atoms with Gasteiger partial charge in [-0.15, -0.1) is 0 Å². The predicted octanol–water partition coefficient (Wildman–Crippen LogP) is 5.00. The summed E-state index contributed by atoms with van der Waals surface area (Å²) < 4.78 is 19.3. The highest BCUT2D eigenvalue weighted by atomic mass is 127. The van der Waals surface area contributed by atoms with E-state index in [-0.39, 0.29) is 11.9 Å². The number of benzene rings is 2. The van der Waals surface area contributed by atoms with Gasteiger partial charge in [-0.05, 0) is 77.2 Å². The molecule has 1 aliphatic carbocycles. The molecule has 0 saturated heterocycles. The summed E-state index contributed by atoms with van der Waals surface area (Å²) in [5.74, 6) is 1.32. The van der Waals surface area contributed by atoms with Gasteiger partial charge in [0.1, 0.15) is 11.6 Å². The number of methoxy groups -OCH3 is 1. The van der Waals surface area contributed by atoms with Crippen LogP contribution in [0.5, 0.6) is 5.75 Å². The van der Waals surface area contributed by atoms with Crippen molar-refractivity contribution in [3.05, 3.63) is 57.4 Å². The van der Waals surface area contributed by atoms with Crippen LogP contribution in [0, 0.1) is 15.3 Å². The standard InChI is InChI=1S/C17H17FINO/c1-21-14-7-4-12(5-8-14)17(11-2-3-11)20-16-9-6-13(18)10-15(16)19/h4-11,17,20H,2-3H2,1H3. The number of nitrogens with one attached hydrogen (secondary N) is 1. The van der Waals surface area contributed by atoms with Crippen LogP contribution in [0.1, 0.15) is 24.4 Å². The first-order valence-electron chi connectivity index (χ1n) is 7.03. The van der Waals surface area contributed by atoms with E-state index in [4.69, 9.17) is 4.74 Å². The Morgan fingerprint density at radius 2 is 1.90 bits per heavy atom. The smallest absolute Gasteiger partial charge is 0.124 e. The van der Waals surface area contributed by atoms with Crippen LogP contribution in [0.15, 0.2) is 42.5 Å². The lowest BCUT2D eigenvalue weighted by Gasteiger charge is -2.21. The molecule has 1 fully saturated rings. The molecule has 0 heterocycles. The Morgan fingerprint density at radius 1 is 1.19 bits per heavy atom. The molecule has 0 amide bonds. The summed E-state index contributed by atoms with van der Waals surface area (Å²) in [6, 6.07) is 13.3. The van der Waals surface area contributed by atoms with Crippen molar-refractivity contribution >= 4 is 28.3 Å². The highest BCUT2D eigenvalue weighted by Gasteiger charge is 2.32. The van der Waals surface area contributed by atoms with E-state index in [1.165, 1.54) is 24.5 Å². The molecule has 1 atom stereocenters. The number of ether oxygens (including phenoxy) is 1. The second kappa shape index (κ2) is 6.22. The van der Waals surface area contributed by atoms with E-state index >= 15 is 0 Å². The van der Waals surface area contributed by atoms with Crippen molar-refractivity contribution in [1.82, 2.24) is 0 Å². The number of halogens is 2. The fourth-order valence-corrected chi connectivity index (χ4v) is 3.12. The van der Waals surface area contributed by atoms with Gasteiger partial charge >= 0.3 is 0 Å². The van der Waals surface area contributed by atoms with Gasteiger partial charge in [0.15, 0.2) is 0 Å². The summed E-state index contributed by atoms with van der Waals surface area (Å²) in [7, 11) is 1.67. The third kappa shape index (κ3) is 3.48. The van der Waals surface area contributed by atoms with Gasteiger partial charge in [-0.1, -0.05) is 12.1 Å². The van der Waals surface area contributed by atoms with Gasteiger partial charge in [0.25, 0.3) is 0 Å². The van der Waals surface area contributed by atoms with E-state index in [0.717, 1.165) is 15.0 Å². The molecule has 0 spiro atoms. The lowest BCUT2D eigenvalue weighted by molar-refractivity contribution is 0.414. The van der Waals surface area contributed by atoms with Crippen LogP contribution in [0.3, 0.4) is 0 Å². The summed E-state index contributed by atoms with van der Waals surface area (Å²) in [5.41, 5.74) is 2.24. The maximum absolute atomic E-state index is 13.2. The van der Waals surface area contributed by atoms with Crippen molar-refractivity contribution in [1.29, 1.82) is 0 Å². The lowest BCUT2D eigenvalue weighted by Crippen LogP contribution is -2.13. The molecular formula is C17H17FINO. The zero-order chi connectivity index (χ0) is 14.8. The maximum atomic E-state index is 13.2. The van der Waals surface area contributed by atoms with Gasteiger partial charge < -0.3 is 10.1 Å². The van der Waals surface area contributed by atoms with Gasteiger partial charge in [-0.3, -0.25) is 0 Å². The second-order valence-electron chi connectivity index (χ2n) is 5.36. The molecule has 2 aromatic carbocycles. The van der Waals surface area contributed by atoms with Crippen molar-refractivity contribution in [3.63, 3.8) is 0 Å². The number of rotatable bonds is 5. The molecule has 0 aromatic heterocycles. The van der Waals surface area contributed by atoms with Crippen LogP contribution in [0.4, 0.5) is 10.1 Å². The third-order valence-corrected chi connectivity index (χ3v) is 4.70. The van der Waals surface area contributed by atoms with E-state index in [2.05, 4.69) is 40.0 Å². The number of hydrogen-bond acceptors (Lipinski definition) is 2. The Labute approximate surface area is 137 Å². The monoisotopic (exact) mass is 397 g/mol. The minimum absolute atomic E-state index is 0.197. The Balaban J connectivity index is 1.84. The van der Waals surface area contributed by atoms with E-state index < -0.39 is 0 Å². The molecular weight excluding hydrogens is 380 g/mol. The van der Waals surface area contributed by atoms with Crippen LogP contribution in [-0.4, -0.2) is 7.11 Å². The SMILES string of the molecule is COc1ccc(C(Nc2ccc(F)cc2I)C2CC2)cc1. The molecule has 1 saturated carbocycles. The van der Waals surface area contributed by atoms with Gasteiger partial charge in [-0.25, -0.2) is 4.39 Å². The predicted molar refractivity (Wildman–Crippen MR) is 91.2 cm³/mol. The Kier molecular flexibility index (Phi) is 4.33. The molecule has 1 aliphatic rings. The van der Waals surface area contributed by atoms with Crippen LogP contribution in [0.25, 0.3) is 0 Å². The van der Waals surface area contributed by atoms with Crippen molar-refractivity contribution in [2.45, 2.75) is 18.9 Å². The van der Waals surface area contributed by atoms with Gasteiger partial charge in [0.2, 0.25) is 0 Å². The van der Waals surface area contributed by atoms with Gasteiger partial charge in [0, 0.05) is 9.26 Å². The highest BCUT2D eigenvalue weighted by Crippen LogP contribution is 2.43. The average molecular weight is 397 g/mol. The summed E-state index contributed by atoms with van der Waals surface area (Å²) in [4.78, 5) is 0. The average Bonchev–Trinajstić information content (AvgIpc) is 3.31. The third-order valence-electron chi connectivity index (χ3n) is 3.81. The molecule has 0 bridgehead atoms. The van der Waals surface area contributed by atoms with E-state index in [0.29, 0.717) is 5.92 Å². The van der Waals surface area contributed by atoms with Crippen molar-refractivity contribution in [2.24, 2.45) is 5.92 Å². The molecule has 1 N–H and O–H groups in total. The number of anilines is 1. The van der Waals surface area contributed by atoms with Crippen molar-refractivity contribution < 1.29 is 9.13 Å². The van der Waals surface area contributed by atoms with Crippen molar-refractivity contribution in [3.8, 4) is 5.75 Å². The number of hydrogen-bond donors (Lipinski definition) is 1. The first-order valence-corrected chi connectivity index (χ1v) is 8.11. The summed E-state index contributed by atoms with van der Waals surface area (Å²) >= 11 is 2.17. The maximum Gasteiger partial charge on any atom is 0.124 e. The lowest BCUT2D eigenvalue weighted by atomic mass is 10.0. The molecule has 2 aromatic rings. The molecule has 0 aliphatic heterocycles. The topological polar surface area (TPSA) is 21.3 Å². The van der Waals surface area contributed by atoms with E-state index in [1.807, 2.05) is 18.2 Å². The first kappa shape index (κ1) is 14.6. The van der Waals surface area contributed by atoms with Gasteiger partial charge in [0.05, 0.1) is 13.2 Å². The molecule has 3 rings (SSSR count). The van der Waals surface area contributed by atoms with E-state index in [9.17, 15) is 4.39 Å². The molecule has 2 nitrogen and oxygen atoms in total. The van der Waals surface area contributed by atoms with Gasteiger partial charge in [-0.2, -0.15) is 0 Å².